The van der Waals surface area contributed by atoms with Gasteiger partial charge in [-0.05, 0) is 47.7 Å². The fourth-order valence-corrected chi connectivity index (χ4v) is 5.55. The van der Waals surface area contributed by atoms with Crippen molar-refractivity contribution in [2.24, 2.45) is 23.7 Å². The fraction of sp³-hybridized carbons (Fsp3) is 0.267. The Morgan fingerprint density at radius 1 is 0.718 bits per heavy atom. The molecule has 1 fully saturated rings. The third kappa shape index (κ3) is 5.96. The second-order valence-electron chi connectivity index (χ2n) is 9.84. The first-order valence-corrected chi connectivity index (χ1v) is 12.8. The normalized spacial score (nSPS) is 21.7. The van der Waals surface area contributed by atoms with Gasteiger partial charge in [-0.25, -0.2) is 0 Å². The summed E-state index contributed by atoms with van der Waals surface area (Å²) in [5, 5.41) is 32.0. The molecule has 1 amide bonds. The van der Waals surface area contributed by atoms with Crippen LogP contribution in [0, 0.1) is 23.7 Å². The first-order valence-electron chi connectivity index (χ1n) is 12.5. The highest BCUT2D eigenvalue weighted by molar-refractivity contribution is 6.30. The van der Waals surface area contributed by atoms with Crippen LogP contribution in [0.4, 0.5) is 0 Å². The van der Waals surface area contributed by atoms with Crippen molar-refractivity contribution in [3.8, 4) is 11.1 Å². The zero-order chi connectivity index (χ0) is 28.3. The van der Waals surface area contributed by atoms with Crippen LogP contribution in [-0.2, 0) is 25.6 Å². The van der Waals surface area contributed by atoms with Crippen molar-refractivity contribution in [3.05, 3.63) is 95.0 Å². The summed E-state index contributed by atoms with van der Waals surface area (Å²) in [4.78, 5) is 48.4. The number of aliphatic carboxylic acids is 3. The molecular weight excluding hydrogens is 522 g/mol. The highest BCUT2D eigenvalue weighted by Gasteiger charge is 2.64. The number of hydrogen-bond acceptors (Lipinski definition) is 4. The summed E-state index contributed by atoms with van der Waals surface area (Å²) in [6.07, 6.45) is 0.510. The summed E-state index contributed by atoms with van der Waals surface area (Å²) in [7, 11) is 0. The molecule has 3 aromatic rings. The van der Waals surface area contributed by atoms with Gasteiger partial charge in [0.1, 0.15) is 0 Å². The van der Waals surface area contributed by atoms with Gasteiger partial charge in [0.25, 0.3) is 0 Å². The van der Waals surface area contributed by atoms with E-state index in [1.165, 1.54) is 0 Å². The van der Waals surface area contributed by atoms with E-state index in [1.54, 1.807) is 19.1 Å². The number of carboxylic acids is 3. The van der Waals surface area contributed by atoms with Crippen molar-refractivity contribution < 1.29 is 34.5 Å². The van der Waals surface area contributed by atoms with Gasteiger partial charge in [0.15, 0.2) is 0 Å². The molecule has 0 aliphatic heterocycles. The molecule has 8 nitrogen and oxygen atoms in total. The standard InChI is InChI=1S/C30H28ClNO7/c1-16(32-27(33)23-24(28(34)35)26(30(38)39)25(23)29(36)37)22(15-17-7-13-21(31)14-8-17)20-11-9-19(10-12-20)18-5-3-2-4-6-18/h2-14,16,22-26H,15H2,1H3,(H,32,33)(H,34,35)(H,36,37)(H,38,39)/t16-,22-,23-,24+,25-,26+/m0/s1. The van der Waals surface area contributed by atoms with Gasteiger partial charge < -0.3 is 20.6 Å². The zero-order valence-electron chi connectivity index (χ0n) is 21.0. The van der Waals surface area contributed by atoms with Gasteiger partial charge in [-0.3, -0.25) is 19.2 Å². The lowest BCUT2D eigenvalue weighted by Crippen LogP contribution is -2.62. The molecular formula is C30H28ClNO7. The first-order chi connectivity index (χ1) is 18.6. The summed E-state index contributed by atoms with van der Waals surface area (Å²) in [6.45, 7) is 1.77. The molecule has 6 atom stereocenters. The minimum Gasteiger partial charge on any atom is -0.481 e. The minimum atomic E-state index is -1.68. The van der Waals surface area contributed by atoms with Crippen LogP contribution < -0.4 is 5.32 Å². The zero-order valence-corrected chi connectivity index (χ0v) is 21.8. The molecule has 0 radical (unpaired) electrons. The van der Waals surface area contributed by atoms with E-state index >= 15 is 0 Å². The van der Waals surface area contributed by atoms with Crippen LogP contribution in [-0.4, -0.2) is 45.2 Å². The van der Waals surface area contributed by atoms with E-state index in [0.717, 1.165) is 22.3 Å². The predicted octanol–water partition coefficient (Wildman–Crippen LogP) is 4.57. The van der Waals surface area contributed by atoms with E-state index in [1.807, 2.05) is 66.7 Å². The van der Waals surface area contributed by atoms with Crippen LogP contribution in [0.25, 0.3) is 11.1 Å². The van der Waals surface area contributed by atoms with E-state index in [0.29, 0.717) is 11.4 Å². The lowest BCUT2D eigenvalue weighted by atomic mass is 9.56. The number of carbonyl (C=O) groups excluding carboxylic acids is 1. The van der Waals surface area contributed by atoms with E-state index < -0.39 is 53.5 Å². The Hall–Kier alpha value is -4.17. The molecule has 9 heteroatoms. The van der Waals surface area contributed by atoms with E-state index in [-0.39, 0.29) is 5.92 Å². The average molecular weight is 550 g/mol. The molecule has 3 aromatic carbocycles. The molecule has 4 rings (SSSR count). The van der Waals surface area contributed by atoms with Crippen molar-refractivity contribution in [2.75, 3.05) is 0 Å². The molecule has 39 heavy (non-hydrogen) atoms. The Morgan fingerprint density at radius 3 is 1.72 bits per heavy atom. The summed E-state index contributed by atoms with van der Waals surface area (Å²) >= 11 is 6.05. The van der Waals surface area contributed by atoms with E-state index in [9.17, 15) is 34.5 Å². The minimum absolute atomic E-state index is 0.262. The number of benzene rings is 3. The van der Waals surface area contributed by atoms with Crippen LogP contribution in [0.2, 0.25) is 5.02 Å². The van der Waals surface area contributed by atoms with Gasteiger partial charge in [0.2, 0.25) is 5.91 Å². The third-order valence-electron chi connectivity index (χ3n) is 7.49. The molecule has 0 unspecified atom stereocenters. The second kappa shape index (κ2) is 11.7. The van der Waals surface area contributed by atoms with Crippen molar-refractivity contribution >= 4 is 35.4 Å². The SMILES string of the molecule is C[C@H](NC(=O)[C@@H]1[C@H](C(=O)O)[C@H](C(=O)O)[C@@H]1C(=O)O)[C@H](Cc1ccc(Cl)cc1)c1ccc(-c2ccccc2)cc1. The molecule has 1 saturated carbocycles. The first kappa shape index (κ1) is 27.9. The molecule has 1 aliphatic carbocycles. The van der Waals surface area contributed by atoms with E-state index in [4.69, 9.17) is 11.6 Å². The molecule has 202 valence electrons. The predicted molar refractivity (Wildman–Crippen MR) is 144 cm³/mol. The third-order valence-corrected chi connectivity index (χ3v) is 7.75. The average Bonchev–Trinajstić information content (AvgIpc) is 2.87. The topological polar surface area (TPSA) is 141 Å². The van der Waals surface area contributed by atoms with Crippen LogP contribution in [0.3, 0.4) is 0 Å². The quantitative estimate of drug-likeness (QED) is 0.290. The second-order valence-corrected chi connectivity index (χ2v) is 10.3. The number of carbonyl (C=O) groups is 4. The highest BCUT2D eigenvalue weighted by Crippen LogP contribution is 2.47. The Labute approximate surface area is 230 Å². The van der Waals surface area contributed by atoms with Crippen molar-refractivity contribution in [2.45, 2.75) is 25.3 Å². The number of hydrogen-bond donors (Lipinski definition) is 4. The molecule has 0 saturated heterocycles. The van der Waals surface area contributed by atoms with Gasteiger partial charge in [-0.1, -0.05) is 78.3 Å². The van der Waals surface area contributed by atoms with Gasteiger partial charge >= 0.3 is 17.9 Å². The Balaban J connectivity index is 1.61. The maximum Gasteiger partial charge on any atom is 0.308 e. The highest BCUT2D eigenvalue weighted by atomic mass is 35.5. The summed E-state index contributed by atoms with van der Waals surface area (Å²) in [5.74, 6) is -12.1. The maximum atomic E-state index is 13.3. The fourth-order valence-electron chi connectivity index (χ4n) is 5.43. The molecule has 0 spiro atoms. The molecule has 0 bridgehead atoms. The van der Waals surface area contributed by atoms with Gasteiger partial charge in [-0.15, -0.1) is 0 Å². The lowest BCUT2D eigenvalue weighted by molar-refractivity contribution is -0.187. The lowest BCUT2D eigenvalue weighted by Gasteiger charge is -2.44. The monoisotopic (exact) mass is 549 g/mol. The molecule has 1 aliphatic rings. The van der Waals surface area contributed by atoms with Gasteiger partial charge in [0.05, 0.1) is 23.7 Å². The van der Waals surface area contributed by atoms with Gasteiger partial charge in [-0.2, -0.15) is 0 Å². The summed E-state index contributed by atoms with van der Waals surface area (Å²) in [6, 6.07) is 24.5. The Morgan fingerprint density at radius 2 is 1.21 bits per heavy atom. The molecule has 0 heterocycles. The maximum absolute atomic E-state index is 13.3. The van der Waals surface area contributed by atoms with Crippen LogP contribution in [0.15, 0.2) is 78.9 Å². The summed E-state index contributed by atoms with van der Waals surface area (Å²) < 4.78 is 0. The molecule has 4 N–H and O–H groups in total. The largest absolute Gasteiger partial charge is 0.481 e. The summed E-state index contributed by atoms with van der Waals surface area (Å²) in [5.41, 5.74) is 3.94. The Bertz CT molecular complexity index is 1340. The van der Waals surface area contributed by atoms with Crippen LogP contribution >= 0.6 is 11.6 Å². The van der Waals surface area contributed by atoms with Crippen molar-refractivity contribution in [1.29, 1.82) is 0 Å². The Kier molecular flexibility index (Phi) is 8.35. The van der Waals surface area contributed by atoms with E-state index in [2.05, 4.69) is 5.32 Å². The number of halogens is 1. The van der Waals surface area contributed by atoms with Crippen LogP contribution in [0.1, 0.15) is 24.0 Å². The van der Waals surface area contributed by atoms with Crippen LogP contribution in [0.5, 0.6) is 0 Å². The van der Waals surface area contributed by atoms with Crippen molar-refractivity contribution in [1.82, 2.24) is 5.32 Å². The smallest absolute Gasteiger partial charge is 0.308 e. The molecule has 0 aromatic heterocycles. The number of rotatable bonds is 10. The number of carboxylic acid groups (broad SMARTS) is 3. The number of nitrogens with one attached hydrogen (secondary N) is 1. The van der Waals surface area contributed by atoms with Crippen molar-refractivity contribution in [3.63, 3.8) is 0 Å². The van der Waals surface area contributed by atoms with Gasteiger partial charge in [0, 0.05) is 17.0 Å². The number of amides is 1.